The van der Waals surface area contributed by atoms with Gasteiger partial charge in [-0.1, -0.05) is 6.92 Å². The number of benzene rings is 1. The number of hydrogen-bond acceptors (Lipinski definition) is 4. The normalized spacial score (nSPS) is 12.5. The van der Waals surface area contributed by atoms with Gasteiger partial charge in [0.1, 0.15) is 12.4 Å². The monoisotopic (exact) mass is 288 g/mol. The molecule has 5 nitrogen and oxygen atoms in total. The molecular formula is C12H17FN2O3S. The van der Waals surface area contributed by atoms with Crippen LogP contribution in [-0.4, -0.2) is 28.1 Å². The van der Waals surface area contributed by atoms with Crippen LogP contribution in [0.5, 0.6) is 5.75 Å². The van der Waals surface area contributed by atoms with Gasteiger partial charge in [0, 0.05) is 18.7 Å². The molecule has 0 radical (unpaired) electrons. The molecule has 0 aromatic heterocycles. The first-order valence-corrected chi connectivity index (χ1v) is 7.22. The molecular weight excluding hydrogens is 271 g/mol. The summed E-state index contributed by atoms with van der Waals surface area (Å²) in [6.07, 6.45) is 0.407. The highest BCUT2D eigenvalue weighted by Gasteiger charge is 2.12. The van der Waals surface area contributed by atoms with Crippen LogP contribution in [0.15, 0.2) is 41.1 Å². The Morgan fingerprint density at radius 3 is 2.53 bits per heavy atom. The van der Waals surface area contributed by atoms with Gasteiger partial charge in [0.15, 0.2) is 0 Å². The highest BCUT2D eigenvalue weighted by Crippen LogP contribution is 2.16. The summed E-state index contributed by atoms with van der Waals surface area (Å²) in [6, 6.07) is 5.87. The molecule has 0 atom stereocenters. The maximum Gasteiger partial charge on any atom is 0.240 e. The zero-order valence-electron chi connectivity index (χ0n) is 10.6. The summed E-state index contributed by atoms with van der Waals surface area (Å²) in [4.78, 5) is 0.154. The van der Waals surface area contributed by atoms with Crippen molar-refractivity contribution in [3.8, 4) is 5.75 Å². The van der Waals surface area contributed by atoms with Crippen LogP contribution in [0.3, 0.4) is 0 Å². The second kappa shape index (κ2) is 7.22. The van der Waals surface area contributed by atoms with Gasteiger partial charge in [-0.3, -0.25) is 0 Å². The molecule has 0 heterocycles. The molecule has 0 spiro atoms. The van der Waals surface area contributed by atoms with Gasteiger partial charge in [0.25, 0.3) is 0 Å². The third-order valence-corrected chi connectivity index (χ3v) is 3.87. The lowest BCUT2D eigenvalue weighted by Gasteiger charge is -2.08. The summed E-state index contributed by atoms with van der Waals surface area (Å²) < 4.78 is 43.3. The topological polar surface area (TPSA) is 81.4 Å². The first-order valence-electron chi connectivity index (χ1n) is 5.74. The van der Waals surface area contributed by atoms with Crippen LogP contribution >= 0.6 is 0 Å². The fraction of sp³-hybridized carbons (Fsp3) is 0.333. The van der Waals surface area contributed by atoms with Crippen LogP contribution in [-0.2, 0) is 10.0 Å². The Bertz CT molecular complexity index is 526. The van der Waals surface area contributed by atoms with Gasteiger partial charge in [-0.05, 0) is 24.3 Å². The summed E-state index contributed by atoms with van der Waals surface area (Å²) in [5, 5.41) is 0. The summed E-state index contributed by atoms with van der Waals surface area (Å²) in [6.45, 7) is 2.13. The maximum atomic E-state index is 12.3. The average Bonchev–Trinajstić information content (AvgIpc) is 2.40. The zero-order chi connectivity index (χ0) is 14.3. The smallest absolute Gasteiger partial charge is 0.240 e. The van der Waals surface area contributed by atoms with E-state index in [0.29, 0.717) is 24.2 Å². The van der Waals surface area contributed by atoms with Gasteiger partial charge in [-0.25, -0.2) is 17.5 Å². The number of rotatable bonds is 7. The Kier molecular flexibility index (Phi) is 5.94. The number of nitrogens with one attached hydrogen (secondary N) is 1. The van der Waals surface area contributed by atoms with E-state index in [0.717, 1.165) is 0 Å². The summed E-state index contributed by atoms with van der Waals surface area (Å²) in [5.74, 6) is 0.447. The molecule has 3 N–H and O–H groups in total. The largest absolute Gasteiger partial charge is 0.489 e. The van der Waals surface area contributed by atoms with Crippen LogP contribution in [0.4, 0.5) is 4.39 Å². The van der Waals surface area contributed by atoms with E-state index in [1.165, 1.54) is 24.3 Å². The molecule has 0 bridgehead atoms. The van der Waals surface area contributed by atoms with Crippen LogP contribution in [0.2, 0.25) is 0 Å². The van der Waals surface area contributed by atoms with Crippen LogP contribution in [0.1, 0.15) is 6.92 Å². The Morgan fingerprint density at radius 2 is 2.05 bits per heavy atom. The number of ether oxygens (including phenoxy) is 1. The van der Waals surface area contributed by atoms with Gasteiger partial charge < -0.3 is 10.5 Å². The first kappa shape index (κ1) is 15.6. The lowest BCUT2D eigenvalue weighted by molar-refractivity contribution is 0.347. The van der Waals surface area contributed by atoms with E-state index in [4.69, 9.17) is 10.5 Å². The molecule has 0 aliphatic rings. The standard InChI is InChI=1S/C12H17FN2O3S/c1-2-15-19(16,17)12-5-3-11(4-6-12)18-9-10(7-13)8-14/h3-7,15H,2,8-9,14H2,1H3. The van der Waals surface area contributed by atoms with Gasteiger partial charge in [0.05, 0.1) is 11.2 Å². The summed E-state index contributed by atoms with van der Waals surface area (Å²) in [7, 11) is -3.46. The lowest BCUT2D eigenvalue weighted by atomic mass is 10.3. The van der Waals surface area contributed by atoms with Gasteiger partial charge in [-0.15, -0.1) is 0 Å². The molecule has 0 fully saturated rings. The Labute approximate surface area is 112 Å². The Hall–Kier alpha value is -1.44. The highest BCUT2D eigenvalue weighted by atomic mass is 32.2. The average molecular weight is 288 g/mol. The van der Waals surface area contributed by atoms with Crippen molar-refractivity contribution in [3.63, 3.8) is 0 Å². The zero-order valence-corrected chi connectivity index (χ0v) is 11.4. The molecule has 0 saturated heterocycles. The van der Waals surface area contributed by atoms with Crippen LogP contribution in [0.25, 0.3) is 0 Å². The molecule has 0 saturated carbocycles. The SMILES string of the molecule is CCNS(=O)(=O)c1ccc(OCC(=CF)CN)cc1. The minimum absolute atomic E-state index is 0.0340. The molecule has 0 amide bonds. The van der Waals surface area contributed by atoms with Crippen LogP contribution in [0, 0.1) is 0 Å². The van der Waals surface area contributed by atoms with Crippen molar-refractivity contribution >= 4 is 10.0 Å². The molecule has 7 heteroatoms. The molecule has 1 aromatic rings. The second-order valence-electron chi connectivity index (χ2n) is 3.73. The highest BCUT2D eigenvalue weighted by molar-refractivity contribution is 7.89. The van der Waals surface area contributed by atoms with Crippen molar-refractivity contribution in [1.82, 2.24) is 4.72 Å². The van der Waals surface area contributed by atoms with E-state index in [2.05, 4.69) is 4.72 Å². The van der Waals surface area contributed by atoms with E-state index < -0.39 is 10.0 Å². The first-order chi connectivity index (χ1) is 9.03. The Balaban J connectivity index is 2.72. The molecule has 106 valence electrons. The molecule has 0 unspecified atom stereocenters. The molecule has 19 heavy (non-hydrogen) atoms. The van der Waals surface area contributed by atoms with Crippen LogP contribution < -0.4 is 15.2 Å². The fourth-order valence-electron chi connectivity index (χ4n) is 1.30. The molecule has 1 rings (SSSR count). The summed E-state index contributed by atoms with van der Waals surface area (Å²) in [5.41, 5.74) is 5.61. The van der Waals surface area contributed by atoms with E-state index in [1.54, 1.807) is 6.92 Å². The molecule has 0 aliphatic carbocycles. The summed E-state index contributed by atoms with van der Waals surface area (Å²) >= 11 is 0. The van der Waals surface area contributed by atoms with Crippen molar-refractivity contribution in [3.05, 3.63) is 36.2 Å². The predicted octanol–water partition coefficient (Wildman–Crippen LogP) is 1.18. The predicted molar refractivity (Wildman–Crippen MR) is 71.0 cm³/mol. The quantitative estimate of drug-likeness (QED) is 0.789. The number of halogens is 1. The van der Waals surface area contributed by atoms with E-state index in [1.807, 2.05) is 0 Å². The Morgan fingerprint density at radius 1 is 1.42 bits per heavy atom. The molecule has 0 aliphatic heterocycles. The van der Waals surface area contributed by atoms with E-state index >= 15 is 0 Å². The third kappa shape index (κ3) is 4.62. The lowest BCUT2D eigenvalue weighted by Crippen LogP contribution is -2.23. The van der Waals surface area contributed by atoms with Crippen molar-refractivity contribution < 1.29 is 17.5 Å². The number of sulfonamides is 1. The number of hydrogen-bond donors (Lipinski definition) is 2. The van der Waals surface area contributed by atoms with Gasteiger partial charge in [0.2, 0.25) is 10.0 Å². The van der Waals surface area contributed by atoms with Crippen molar-refractivity contribution in [1.29, 1.82) is 0 Å². The second-order valence-corrected chi connectivity index (χ2v) is 5.50. The van der Waals surface area contributed by atoms with Crippen molar-refractivity contribution in [2.45, 2.75) is 11.8 Å². The fourth-order valence-corrected chi connectivity index (χ4v) is 2.34. The third-order valence-electron chi connectivity index (χ3n) is 2.31. The van der Waals surface area contributed by atoms with E-state index in [9.17, 15) is 12.8 Å². The van der Waals surface area contributed by atoms with Gasteiger partial charge in [-0.2, -0.15) is 0 Å². The van der Waals surface area contributed by atoms with E-state index in [-0.39, 0.29) is 18.0 Å². The minimum atomic E-state index is -3.46. The van der Waals surface area contributed by atoms with Crippen molar-refractivity contribution in [2.24, 2.45) is 5.73 Å². The maximum absolute atomic E-state index is 12.3. The molecule has 1 aromatic carbocycles. The van der Waals surface area contributed by atoms with Gasteiger partial charge >= 0.3 is 0 Å². The number of nitrogens with two attached hydrogens (primary N) is 1. The van der Waals surface area contributed by atoms with Crippen molar-refractivity contribution in [2.75, 3.05) is 19.7 Å². The minimum Gasteiger partial charge on any atom is -0.489 e.